The fraction of sp³-hybridized carbons (Fsp3) is 0.647. The molecule has 0 amide bonds. The number of hydrogen-bond acceptors (Lipinski definition) is 1. The molecule has 0 unspecified atom stereocenters. The molecule has 0 fully saturated rings. The van der Waals surface area contributed by atoms with Crippen LogP contribution in [0.3, 0.4) is 0 Å². The third-order valence-electron chi connectivity index (χ3n) is 3.39. The molecule has 0 spiro atoms. The number of unbranched alkanes of at least 4 members (excludes halogenated alkanes) is 4. The Bertz CT molecular complexity index is 328. The van der Waals surface area contributed by atoms with Crippen molar-refractivity contribution >= 4 is 0 Å². The Morgan fingerprint density at radius 3 is 2.05 bits per heavy atom. The van der Waals surface area contributed by atoms with Crippen LogP contribution in [0.25, 0.3) is 0 Å². The van der Waals surface area contributed by atoms with Crippen molar-refractivity contribution in [1.29, 1.82) is 0 Å². The molecule has 0 aliphatic heterocycles. The molecule has 19 heavy (non-hydrogen) atoms. The molecule has 108 valence electrons. The maximum Gasteiger partial charge on any atom is 0.165 e. The Balaban J connectivity index is 2.49. The highest BCUT2D eigenvalue weighted by Gasteiger charge is 2.12. The van der Waals surface area contributed by atoms with Crippen LogP contribution in [-0.2, 0) is 0 Å². The summed E-state index contributed by atoms with van der Waals surface area (Å²) >= 11 is 0. The lowest BCUT2D eigenvalue weighted by Gasteiger charge is -2.19. The van der Waals surface area contributed by atoms with Crippen molar-refractivity contribution in [2.75, 3.05) is 0 Å². The van der Waals surface area contributed by atoms with Crippen LogP contribution in [0.4, 0.5) is 4.39 Å². The molecule has 1 nitrogen and oxygen atoms in total. The molecule has 0 atom stereocenters. The van der Waals surface area contributed by atoms with Gasteiger partial charge in [-0.15, -0.1) is 0 Å². The van der Waals surface area contributed by atoms with Crippen LogP contribution in [-0.4, -0.2) is 6.10 Å². The first-order chi connectivity index (χ1) is 9.27. The highest BCUT2D eigenvalue weighted by atomic mass is 19.1. The molecule has 0 saturated carbocycles. The summed E-state index contributed by atoms with van der Waals surface area (Å²) in [6, 6.07) is 6.71. The summed E-state index contributed by atoms with van der Waals surface area (Å²) in [7, 11) is 0. The molecule has 1 aromatic carbocycles. The molecular weight excluding hydrogens is 239 g/mol. The molecule has 0 heterocycles. The molecule has 0 aliphatic carbocycles. The second-order valence-corrected chi connectivity index (χ2v) is 5.16. The van der Waals surface area contributed by atoms with Gasteiger partial charge in [-0.2, -0.15) is 0 Å². The molecule has 0 aliphatic rings. The summed E-state index contributed by atoms with van der Waals surface area (Å²) in [6.07, 6.45) is 9.44. The summed E-state index contributed by atoms with van der Waals surface area (Å²) in [6.45, 7) is 4.40. The Hall–Kier alpha value is -1.05. The van der Waals surface area contributed by atoms with Crippen molar-refractivity contribution in [3.8, 4) is 5.75 Å². The largest absolute Gasteiger partial charge is 0.487 e. The molecule has 0 aromatic heterocycles. The van der Waals surface area contributed by atoms with Gasteiger partial charge in [-0.25, -0.2) is 4.39 Å². The first-order valence-electron chi connectivity index (χ1n) is 7.69. The molecule has 1 aromatic rings. The first-order valence-corrected chi connectivity index (χ1v) is 7.69. The van der Waals surface area contributed by atoms with E-state index in [1.807, 2.05) is 6.07 Å². The summed E-state index contributed by atoms with van der Waals surface area (Å²) in [5.41, 5.74) is 0. The summed E-state index contributed by atoms with van der Waals surface area (Å²) < 4.78 is 19.5. The van der Waals surface area contributed by atoms with Gasteiger partial charge >= 0.3 is 0 Å². The summed E-state index contributed by atoms with van der Waals surface area (Å²) in [5.74, 6) is 0.152. The minimum atomic E-state index is -0.251. The third kappa shape index (κ3) is 6.60. The van der Waals surface area contributed by atoms with E-state index in [0.717, 1.165) is 12.8 Å². The predicted molar refractivity (Wildman–Crippen MR) is 79.1 cm³/mol. The Morgan fingerprint density at radius 1 is 0.947 bits per heavy atom. The second-order valence-electron chi connectivity index (χ2n) is 5.16. The molecular formula is C17H27FO. The standard InChI is InChI=1S/C17H27FO/c1-3-5-7-11-15(12-8-6-4-2)19-17-14-10-9-13-16(17)18/h9-10,13-15H,3-8,11-12H2,1-2H3. The fourth-order valence-electron chi connectivity index (χ4n) is 2.23. The quantitative estimate of drug-likeness (QED) is 0.491. The van der Waals surface area contributed by atoms with E-state index in [1.54, 1.807) is 12.1 Å². The zero-order valence-corrected chi connectivity index (χ0v) is 12.3. The van der Waals surface area contributed by atoms with E-state index in [2.05, 4.69) is 13.8 Å². The van der Waals surface area contributed by atoms with Crippen LogP contribution in [0.5, 0.6) is 5.75 Å². The van der Waals surface area contributed by atoms with Gasteiger partial charge in [-0.05, 0) is 37.8 Å². The van der Waals surface area contributed by atoms with Gasteiger partial charge in [0.15, 0.2) is 11.6 Å². The van der Waals surface area contributed by atoms with E-state index in [9.17, 15) is 4.39 Å². The van der Waals surface area contributed by atoms with E-state index in [-0.39, 0.29) is 11.9 Å². The van der Waals surface area contributed by atoms with Gasteiger partial charge in [0.05, 0.1) is 6.10 Å². The Labute approximate surface area is 117 Å². The second kappa shape index (κ2) is 9.82. The summed E-state index contributed by atoms with van der Waals surface area (Å²) in [4.78, 5) is 0. The van der Waals surface area contributed by atoms with Crippen LogP contribution < -0.4 is 4.74 Å². The number of benzene rings is 1. The number of halogens is 1. The smallest absolute Gasteiger partial charge is 0.165 e. The Kier molecular flexibility index (Phi) is 8.28. The van der Waals surface area contributed by atoms with Crippen molar-refractivity contribution < 1.29 is 9.13 Å². The minimum absolute atomic E-state index is 0.162. The van der Waals surface area contributed by atoms with E-state index >= 15 is 0 Å². The lowest BCUT2D eigenvalue weighted by molar-refractivity contribution is 0.166. The number of ether oxygens (including phenoxy) is 1. The minimum Gasteiger partial charge on any atom is -0.487 e. The average Bonchev–Trinajstić information content (AvgIpc) is 2.41. The van der Waals surface area contributed by atoms with Gasteiger partial charge in [0.2, 0.25) is 0 Å². The lowest BCUT2D eigenvalue weighted by Crippen LogP contribution is -2.17. The van der Waals surface area contributed by atoms with Crippen LogP contribution in [0.15, 0.2) is 24.3 Å². The highest BCUT2D eigenvalue weighted by Crippen LogP contribution is 2.21. The zero-order chi connectivity index (χ0) is 13.9. The first kappa shape index (κ1) is 16.0. The van der Waals surface area contributed by atoms with Crippen LogP contribution in [0.1, 0.15) is 65.2 Å². The SMILES string of the molecule is CCCCCC(CCCCC)Oc1ccccc1F. The molecule has 0 N–H and O–H groups in total. The van der Waals surface area contributed by atoms with Crippen molar-refractivity contribution in [2.45, 2.75) is 71.3 Å². The van der Waals surface area contributed by atoms with Gasteiger partial charge < -0.3 is 4.74 Å². The maximum absolute atomic E-state index is 13.6. The van der Waals surface area contributed by atoms with Crippen molar-refractivity contribution in [3.05, 3.63) is 30.1 Å². The fourth-order valence-corrected chi connectivity index (χ4v) is 2.23. The van der Waals surface area contributed by atoms with E-state index in [0.29, 0.717) is 5.75 Å². The zero-order valence-electron chi connectivity index (χ0n) is 12.3. The normalized spacial score (nSPS) is 10.9. The topological polar surface area (TPSA) is 9.23 Å². The lowest BCUT2D eigenvalue weighted by atomic mass is 10.0. The van der Waals surface area contributed by atoms with Gasteiger partial charge in [0.1, 0.15) is 0 Å². The van der Waals surface area contributed by atoms with Crippen molar-refractivity contribution in [1.82, 2.24) is 0 Å². The van der Waals surface area contributed by atoms with Crippen molar-refractivity contribution in [2.24, 2.45) is 0 Å². The number of para-hydroxylation sites is 1. The van der Waals surface area contributed by atoms with Crippen molar-refractivity contribution in [3.63, 3.8) is 0 Å². The van der Waals surface area contributed by atoms with Gasteiger partial charge in [0, 0.05) is 0 Å². The van der Waals surface area contributed by atoms with Gasteiger partial charge in [0.25, 0.3) is 0 Å². The van der Waals surface area contributed by atoms with Crippen LogP contribution in [0, 0.1) is 5.82 Å². The third-order valence-corrected chi connectivity index (χ3v) is 3.39. The van der Waals surface area contributed by atoms with Gasteiger partial charge in [-0.3, -0.25) is 0 Å². The van der Waals surface area contributed by atoms with E-state index in [1.165, 1.54) is 44.6 Å². The molecule has 0 bridgehead atoms. The Morgan fingerprint density at radius 2 is 1.53 bits per heavy atom. The van der Waals surface area contributed by atoms with E-state index in [4.69, 9.17) is 4.74 Å². The van der Waals surface area contributed by atoms with E-state index < -0.39 is 0 Å². The molecule has 2 heteroatoms. The van der Waals surface area contributed by atoms with Gasteiger partial charge in [-0.1, -0.05) is 51.7 Å². The van der Waals surface area contributed by atoms with Crippen LogP contribution >= 0.6 is 0 Å². The predicted octanol–water partition coefficient (Wildman–Crippen LogP) is 5.73. The maximum atomic E-state index is 13.6. The summed E-state index contributed by atoms with van der Waals surface area (Å²) in [5, 5.41) is 0. The number of hydrogen-bond donors (Lipinski definition) is 0. The monoisotopic (exact) mass is 266 g/mol. The van der Waals surface area contributed by atoms with Crippen LogP contribution in [0.2, 0.25) is 0 Å². The average molecular weight is 266 g/mol. The highest BCUT2D eigenvalue weighted by molar-refractivity contribution is 5.23. The molecule has 0 saturated heterocycles. The molecule has 0 radical (unpaired) electrons. The molecule has 1 rings (SSSR count). The number of rotatable bonds is 10.